The number of aromatic amines is 1. The monoisotopic (exact) mass is 564 g/mol. The number of nitrogens with zero attached hydrogens (tertiary/aromatic N) is 6. The largest absolute Gasteiger partial charge is 0.393 e. The Kier molecular flexibility index (Phi) is 6.93. The molecule has 0 bridgehead atoms. The van der Waals surface area contributed by atoms with Crippen LogP contribution in [0.3, 0.4) is 0 Å². The van der Waals surface area contributed by atoms with Crippen molar-refractivity contribution in [2.45, 2.75) is 51.5 Å². The van der Waals surface area contributed by atoms with Gasteiger partial charge in [0.25, 0.3) is 0 Å². The molecule has 6 rings (SSSR count). The number of nitriles is 1. The number of hydrogen-bond donors (Lipinski definition) is 2. The van der Waals surface area contributed by atoms with Crippen molar-refractivity contribution in [3.05, 3.63) is 70.2 Å². The molecule has 0 saturated carbocycles. The van der Waals surface area contributed by atoms with Crippen molar-refractivity contribution in [2.75, 3.05) is 18.0 Å². The van der Waals surface area contributed by atoms with E-state index in [2.05, 4.69) is 55.5 Å². The lowest BCUT2D eigenvalue weighted by atomic mass is 10.0. The summed E-state index contributed by atoms with van der Waals surface area (Å²) in [4.78, 5) is 11.7. The van der Waals surface area contributed by atoms with Gasteiger partial charge < -0.3 is 14.8 Å². The number of nitrogens with one attached hydrogen (secondary N) is 2. The van der Waals surface area contributed by atoms with E-state index in [-0.39, 0.29) is 10.9 Å². The lowest BCUT2D eigenvalue weighted by Gasteiger charge is -2.34. The van der Waals surface area contributed by atoms with E-state index >= 15 is 0 Å². The zero-order valence-electron chi connectivity index (χ0n) is 21.8. The summed E-state index contributed by atoms with van der Waals surface area (Å²) in [7, 11) is 0. The maximum Gasteiger partial charge on any atom is 0.393 e. The van der Waals surface area contributed by atoms with Crippen LogP contribution in [0.5, 0.6) is 0 Å². The summed E-state index contributed by atoms with van der Waals surface area (Å²) in [5.74, 6) is 0.696. The highest BCUT2D eigenvalue weighted by molar-refractivity contribution is 7.18. The van der Waals surface area contributed by atoms with Gasteiger partial charge in [0.2, 0.25) is 0 Å². The summed E-state index contributed by atoms with van der Waals surface area (Å²) in [5.41, 5.74) is 4.91. The highest BCUT2D eigenvalue weighted by atomic mass is 32.1. The maximum absolute atomic E-state index is 13.0. The molecule has 5 heterocycles. The van der Waals surface area contributed by atoms with Crippen molar-refractivity contribution in [1.29, 1.82) is 5.26 Å². The van der Waals surface area contributed by atoms with E-state index < -0.39 is 12.6 Å². The molecule has 1 fully saturated rings. The van der Waals surface area contributed by atoms with Crippen LogP contribution in [0.15, 0.2) is 43.0 Å². The highest BCUT2D eigenvalue weighted by Gasteiger charge is 2.30. The second kappa shape index (κ2) is 10.6. The van der Waals surface area contributed by atoms with E-state index in [4.69, 9.17) is 0 Å². The third-order valence-corrected chi connectivity index (χ3v) is 8.56. The number of alkyl halides is 3. The normalized spacial score (nSPS) is 16.2. The topological polar surface area (TPSA) is 98.5 Å². The number of halogens is 3. The summed E-state index contributed by atoms with van der Waals surface area (Å²) < 4.78 is 40.9. The number of anilines is 1. The van der Waals surface area contributed by atoms with Gasteiger partial charge in [0, 0.05) is 53.2 Å². The van der Waals surface area contributed by atoms with Gasteiger partial charge in [-0.1, -0.05) is 6.07 Å². The first-order chi connectivity index (χ1) is 19.3. The molecule has 1 aliphatic heterocycles. The SMILES string of the molecule is Cc1c(CNC2CCCN(c3ncnc4sc(CC(F)(F)F)cc34)C2)ccc2c1cc(C#N)n2Cc1cn[nH]c1. The average Bonchev–Trinajstić information content (AvgIpc) is 3.66. The van der Waals surface area contributed by atoms with Crippen molar-refractivity contribution in [2.24, 2.45) is 0 Å². The molecule has 40 heavy (non-hydrogen) atoms. The van der Waals surface area contributed by atoms with Gasteiger partial charge in [-0.05, 0) is 49.1 Å². The average molecular weight is 565 g/mol. The van der Waals surface area contributed by atoms with Gasteiger partial charge in [-0.2, -0.15) is 23.5 Å². The summed E-state index contributed by atoms with van der Waals surface area (Å²) in [5, 5.41) is 22.0. The second-order valence-corrected chi connectivity index (χ2v) is 11.3. The molecular weight excluding hydrogens is 537 g/mol. The molecule has 0 amide bonds. The molecule has 0 aliphatic carbocycles. The Morgan fingerprint density at radius 1 is 1.23 bits per heavy atom. The molecule has 0 spiro atoms. The van der Waals surface area contributed by atoms with E-state index in [0.717, 1.165) is 58.3 Å². The maximum atomic E-state index is 13.0. The fourth-order valence-electron chi connectivity index (χ4n) is 5.54. The molecule has 1 atom stereocenters. The molecule has 1 saturated heterocycles. The number of piperidine rings is 1. The number of aryl methyl sites for hydroxylation is 1. The number of benzene rings is 1. The Hall–Kier alpha value is -3.95. The Labute approximate surface area is 232 Å². The quantitative estimate of drug-likeness (QED) is 0.272. The molecule has 5 aromatic rings. The highest BCUT2D eigenvalue weighted by Crippen LogP contribution is 2.34. The Morgan fingerprint density at radius 2 is 2.10 bits per heavy atom. The number of fused-ring (bicyclic) bond motifs is 2. The lowest BCUT2D eigenvalue weighted by molar-refractivity contribution is -0.126. The molecule has 12 heteroatoms. The van der Waals surface area contributed by atoms with E-state index in [0.29, 0.717) is 41.4 Å². The Balaban J connectivity index is 1.18. The molecule has 0 radical (unpaired) electrons. The molecule has 1 aliphatic rings. The van der Waals surface area contributed by atoms with E-state index in [1.54, 1.807) is 12.3 Å². The van der Waals surface area contributed by atoms with Crippen molar-refractivity contribution < 1.29 is 13.2 Å². The molecule has 1 unspecified atom stereocenters. The van der Waals surface area contributed by atoms with E-state index in [1.807, 2.05) is 16.8 Å². The van der Waals surface area contributed by atoms with Gasteiger partial charge in [0.15, 0.2) is 0 Å². The van der Waals surface area contributed by atoms with Gasteiger partial charge >= 0.3 is 6.18 Å². The summed E-state index contributed by atoms with van der Waals surface area (Å²) in [6, 6.07) is 10.2. The minimum Gasteiger partial charge on any atom is -0.354 e. The minimum atomic E-state index is -4.26. The number of rotatable bonds is 7. The summed E-state index contributed by atoms with van der Waals surface area (Å²) in [6.45, 7) is 4.82. The molecule has 206 valence electrons. The van der Waals surface area contributed by atoms with Crippen molar-refractivity contribution in [3.8, 4) is 6.07 Å². The Morgan fingerprint density at radius 3 is 2.88 bits per heavy atom. The van der Waals surface area contributed by atoms with Crippen LogP contribution in [0.4, 0.5) is 19.0 Å². The number of H-pyrrole nitrogens is 1. The van der Waals surface area contributed by atoms with Gasteiger partial charge in [-0.25, -0.2) is 9.97 Å². The predicted molar refractivity (Wildman–Crippen MR) is 148 cm³/mol. The molecule has 8 nitrogen and oxygen atoms in total. The summed E-state index contributed by atoms with van der Waals surface area (Å²) >= 11 is 1.08. The number of aromatic nitrogens is 5. The van der Waals surface area contributed by atoms with Gasteiger partial charge in [0.1, 0.15) is 28.7 Å². The first kappa shape index (κ1) is 26.3. The molecule has 4 aromatic heterocycles. The first-order valence-electron chi connectivity index (χ1n) is 13.1. The van der Waals surface area contributed by atoms with Crippen LogP contribution >= 0.6 is 11.3 Å². The van der Waals surface area contributed by atoms with Gasteiger partial charge in [-0.3, -0.25) is 5.10 Å². The van der Waals surface area contributed by atoms with Crippen LogP contribution in [-0.4, -0.2) is 50.0 Å². The lowest BCUT2D eigenvalue weighted by Crippen LogP contribution is -2.45. The third-order valence-electron chi connectivity index (χ3n) is 7.51. The van der Waals surface area contributed by atoms with E-state index in [1.165, 1.54) is 6.33 Å². The number of hydrogen-bond acceptors (Lipinski definition) is 7. The molecule has 1 aromatic carbocycles. The standard InChI is InChI=1S/C28H27F3N8S/c1-17-19(4-5-25-23(17)7-21(10-32)39(25)14-18-11-36-37-12-18)13-33-20-3-2-6-38(15-20)26-24-8-22(9-28(29,30)31)40-27(24)35-16-34-26/h4-5,7-8,11-12,16,20,33H,2-3,6,9,13-15H2,1H3,(H,36,37). The summed E-state index contributed by atoms with van der Waals surface area (Å²) in [6.07, 6.45) is 1.77. The van der Waals surface area contributed by atoms with Crippen molar-refractivity contribution in [3.63, 3.8) is 0 Å². The van der Waals surface area contributed by atoms with Crippen LogP contribution < -0.4 is 10.2 Å². The fourth-order valence-corrected chi connectivity index (χ4v) is 6.56. The second-order valence-electron chi connectivity index (χ2n) is 10.2. The minimum absolute atomic E-state index is 0.197. The van der Waals surface area contributed by atoms with E-state index in [9.17, 15) is 18.4 Å². The molecule has 2 N–H and O–H groups in total. The van der Waals surface area contributed by atoms with Crippen LogP contribution in [-0.2, 0) is 19.5 Å². The van der Waals surface area contributed by atoms with Gasteiger partial charge in [-0.15, -0.1) is 11.3 Å². The van der Waals surface area contributed by atoms with Gasteiger partial charge in [0.05, 0.1) is 24.5 Å². The zero-order valence-corrected chi connectivity index (χ0v) is 22.6. The van der Waals surface area contributed by atoms with Crippen molar-refractivity contribution in [1.82, 2.24) is 30.0 Å². The number of thiophene rings is 1. The third kappa shape index (κ3) is 5.26. The molecular formula is C28H27F3N8S. The fraction of sp³-hybridized carbons (Fsp3) is 0.357. The van der Waals surface area contributed by atoms with Crippen LogP contribution in [0.25, 0.3) is 21.1 Å². The van der Waals surface area contributed by atoms with Crippen LogP contribution in [0.1, 0.15) is 40.1 Å². The van der Waals surface area contributed by atoms with Crippen LogP contribution in [0, 0.1) is 18.3 Å². The predicted octanol–water partition coefficient (Wildman–Crippen LogP) is 5.46. The van der Waals surface area contributed by atoms with Crippen LogP contribution in [0.2, 0.25) is 0 Å². The van der Waals surface area contributed by atoms with Crippen molar-refractivity contribution >= 4 is 38.3 Å². The Bertz CT molecular complexity index is 1700. The zero-order chi connectivity index (χ0) is 27.9. The first-order valence-corrected chi connectivity index (χ1v) is 13.9. The smallest absolute Gasteiger partial charge is 0.354 e.